The van der Waals surface area contributed by atoms with Crippen LogP contribution in [-0.4, -0.2) is 59.2 Å². The van der Waals surface area contributed by atoms with Crippen molar-refractivity contribution in [3.05, 3.63) is 83.2 Å². The number of hydrogen-bond donors (Lipinski definition) is 1. The molecule has 206 valence electrons. The molecule has 0 radical (unpaired) electrons. The van der Waals surface area contributed by atoms with E-state index in [1.54, 1.807) is 30.2 Å². The Morgan fingerprint density at radius 1 is 1.08 bits per heavy atom. The second-order valence-electron chi connectivity index (χ2n) is 10.6. The molecule has 8 heteroatoms. The van der Waals surface area contributed by atoms with Crippen LogP contribution in [0.1, 0.15) is 43.1 Å². The molecule has 1 saturated carbocycles. The van der Waals surface area contributed by atoms with Crippen molar-refractivity contribution in [3.63, 3.8) is 0 Å². The van der Waals surface area contributed by atoms with Crippen molar-refractivity contribution in [1.29, 1.82) is 0 Å². The van der Waals surface area contributed by atoms with Gasteiger partial charge in [-0.2, -0.15) is 13.2 Å². The first kappa shape index (κ1) is 27.2. The first-order chi connectivity index (χ1) is 18.8. The Morgan fingerprint density at radius 3 is 2.59 bits per heavy atom. The van der Waals surface area contributed by atoms with Crippen LogP contribution >= 0.6 is 0 Å². The SMILES string of the molecule is CCCN(Cc1nc(NCCc2ccccc2)c2ccc(C3=C(C(F)(F)F)C=CCN3C)cc2n1)CC1CC1. The number of halogens is 3. The fraction of sp³-hybridized carbons (Fsp3) is 0.419. The fourth-order valence-electron chi connectivity index (χ4n) is 5.23. The number of aromatic nitrogens is 2. The van der Waals surface area contributed by atoms with E-state index in [1.807, 2.05) is 24.3 Å². The van der Waals surface area contributed by atoms with Crippen molar-refractivity contribution < 1.29 is 13.2 Å². The highest BCUT2D eigenvalue weighted by atomic mass is 19.4. The van der Waals surface area contributed by atoms with E-state index in [0.717, 1.165) is 43.1 Å². The zero-order valence-corrected chi connectivity index (χ0v) is 22.6. The highest BCUT2D eigenvalue weighted by Crippen LogP contribution is 2.38. The average Bonchev–Trinajstić information content (AvgIpc) is 3.72. The maximum Gasteiger partial charge on any atom is 0.418 e. The van der Waals surface area contributed by atoms with Gasteiger partial charge in [0.2, 0.25) is 0 Å². The lowest BCUT2D eigenvalue weighted by atomic mass is 10.00. The Labute approximate surface area is 228 Å². The van der Waals surface area contributed by atoms with Gasteiger partial charge in [0, 0.05) is 37.6 Å². The van der Waals surface area contributed by atoms with Gasteiger partial charge in [0.25, 0.3) is 0 Å². The molecule has 1 N–H and O–H groups in total. The van der Waals surface area contributed by atoms with Gasteiger partial charge in [0.15, 0.2) is 0 Å². The van der Waals surface area contributed by atoms with Crippen LogP contribution in [0.2, 0.25) is 0 Å². The van der Waals surface area contributed by atoms with Crippen LogP contribution in [0.3, 0.4) is 0 Å². The van der Waals surface area contributed by atoms with Gasteiger partial charge in [-0.15, -0.1) is 0 Å². The molecule has 1 aliphatic carbocycles. The van der Waals surface area contributed by atoms with Crippen LogP contribution in [-0.2, 0) is 13.0 Å². The third-order valence-electron chi connectivity index (χ3n) is 7.29. The summed E-state index contributed by atoms with van der Waals surface area (Å²) in [6, 6.07) is 15.6. The Morgan fingerprint density at radius 2 is 1.87 bits per heavy atom. The Kier molecular flexibility index (Phi) is 8.21. The molecular formula is C31H36F3N5. The smallest absolute Gasteiger partial charge is 0.370 e. The molecule has 1 aromatic heterocycles. The molecule has 39 heavy (non-hydrogen) atoms. The summed E-state index contributed by atoms with van der Waals surface area (Å²) in [5, 5.41) is 4.30. The van der Waals surface area contributed by atoms with E-state index in [9.17, 15) is 13.2 Å². The van der Waals surface area contributed by atoms with Crippen molar-refractivity contribution in [2.45, 2.75) is 45.3 Å². The van der Waals surface area contributed by atoms with Crippen molar-refractivity contribution in [3.8, 4) is 0 Å². The molecule has 2 heterocycles. The van der Waals surface area contributed by atoms with Crippen molar-refractivity contribution in [2.75, 3.05) is 38.5 Å². The first-order valence-electron chi connectivity index (χ1n) is 13.8. The zero-order valence-electron chi connectivity index (χ0n) is 22.6. The monoisotopic (exact) mass is 535 g/mol. The summed E-state index contributed by atoms with van der Waals surface area (Å²) in [6.07, 6.45) is 2.70. The van der Waals surface area contributed by atoms with E-state index in [2.05, 4.69) is 29.3 Å². The number of nitrogens with zero attached hydrogens (tertiary/aromatic N) is 4. The van der Waals surface area contributed by atoms with Gasteiger partial charge in [-0.25, -0.2) is 9.97 Å². The summed E-state index contributed by atoms with van der Waals surface area (Å²) in [7, 11) is 1.69. The molecule has 0 bridgehead atoms. The van der Waals surface area contributed by atoms with Crippen LogP contribution in [0.4, 0.5) is 19.0 Å². The quantitative estimate of drug-likeness (QED) is 0.297. The molecule has 0 atom stereocenters. The van der Waals surface area contributed by atoms with Crippen molar-refractivity contribution in [2.24, 2.45) is 5.92 Å². The zero-order chi connectivity index (χ0) is 27.4. The van der Waals surface area contributed by atoms with E-state index in [4.69, 9.17) is 9.97 Å². The minimum Gasteiger partial charge on any atom is -0.370 e. The largest absolute Gasteiger partial charge is 0.418 e. The number of nitrogens with one attached hydrogen (secondary N) is 1. The van der Waals surface area contributed by atoms with Crippen LogP contribution in [0.25, 0.3) is 16.6 Å². The summed E-state index contributed by atoms with van der Waals surface area (Å²) < 4.78 is 41.8. The van der Waals surface area contributed by atoms with Gasteiger partial charge in [-0.05, 0) is 55.8 Å². The number of anilines is 1. The predicted octanol–water partition coefficient (Wildman–Crippen LogP) is 6.68. The molecule has 0 unspecified atom stereocenters. The van der Waals surface area contributed by atoms with Crippen LogP contribution < -0.4 is 5.32 Å². The van der Waals surface area contributed by atoms with E-state index < -0.39 is 11.7 Å². The average molecular weight is 536 g/mol. The second kappa shape index (κ2) is 11.8. The van der Waals surface area contributed by atoms with Crippen LogP contribution in [0.5, 0.6) is 0 Å². The fourth-order valence-corrected chi connectivity index (χ4v) is 5.23. The molecule has 1 fully saturated rings. The van der Waals surface area contributed by atoms with Gasteiger partial charge < -0.3 is 10.2 Å². The Hall–Kier alpha value is -3.39. The summed E-state index contributed by atoms with van der Waals surface area (Å²) >= 11 is 0. The molecular weight excluding hydrogens is 499 g/mol. The van der Waals surface area contributed by atoms with Crippen molar-refractivity contribution in [1.82, 2.24) is 19.8 Å². The molecule has 1 aliphatic heterocycles. The van der Waals surface area contributed by atoms with Gasteiger partial charge >= 0.3 is 6.18 Å². The van der Waals surface area contributed by atoms with E-state index in [1.165, 1.54) is 24.5 Å². The maximum absolute atomic E-state index is 13.9. The topological polar surface area (TPSA) is 44.3 Å². The molecule has 5 nitrogen and oxygen atoms in total. The number of rotatable bonds is 11. The number of fused-ring (bicyclic) bond motifs is 1. The lowest BCUT2D eigenvalue weighted by Crippen LogP contribution is -2.27. The minimum absolute atomic E-state index is 0.173. The number of allylic oxidation sites excluding steroid dienone is 2. The highest BCUT2D eigenvalue weighted by molar-refractivity contribution is 5.92. The number of hydrogen-bond acceptors (Lipinski definition) is 5. The number of likely N-dealkylation sites (N-methyl/N-ethyl adjacent to an activating group) is 1. The summed E-state index contributed by atoms with van der Waals surface area (Å²) in [4.78, 5) is 13.8. The number of alkyl halides is 3. The van der Waals surface area contributed by atoms with E-state index in [0.29, 0.717) is 36.5 Å². The summed E-state index contributed by atoms with van der Waals surface area (Å²) in [6.45, 7) is 5.90. The van der Waals surface area contributed by atoms with Crippen molar-refractivity contribution >= 4 is 22.4 Å². The summed E-state index contributed by atoms with van der Waals surface area (Å²) in [5.74, 6) is 2.16. The van der Waals surface area contributed by atoms with Gasteiger partial charge in [-0.3, -0.25) is 4.90 Å². The molecule has 2 aromatic carbocycles. The molecule has 0 saturated heterocycles. The molecule has 3 aromatic rings. The van der Waals surface area contributed by atoms with Crippen LogP contribution in [0.15, 0.2) is 66.3 Å². The summed E-state index contributed by atoms with van der Waals surface area (Å²) in [5.41, 5.74) is 1.92. The second-order valence-corrected chi connectivity index (χ2v) is 10.6. The number of benzene rings is 2. The third kappa shape index (κ3) is 6.79. The third-order valence-corrected chi connectivity index (χ3v) is 7.29. The molecule has 5 rings (SSSR count). The van der Waals surface area contributed by atoms with E-state index in [-0.39, 0.29) is 5.70 Å². The highest BCUT2D eigenvalue weighted by Gasteiger charge is 2.37. The normalized spacial score (nSPS) is 16.0. The standard InChI is InChI=1S/C31H36F3N5/c1-3-17-39(20-23-11-12-23)21-28-36-27-19-24(29-26(31(32,33)34)10-7-18-38(29)2)13-14-25(27)30(37-28)35-16-15-22-8-5-4-6-9-22/h4-10,13-14,19,23H,3,11-12,15-18,20-21H2,1-2H3,(H,35,36,37). The molecule has 0 amide bonds. The maximum atomic E-state index is 13.9. The lowest BCUT2D eigenvalue weighted by molar-refractivity contribution is -0.0885. The predicted molar refractivity (Wildman–Crippen MR) is 151 cm³/mol. The lowest BCUT2D eigenvalue weighted by Gasteiger charge is -2.28. The Bertz CT molecular complexity index is 1350. The van der Waals surface area contributed by atoms with Crippen LogP contribution in [0, 0.1) is 5.92 Å². The van der Waals surface area contributed by atoms with Gasteiger partial charge in [0.05, 0.1) is 23.3 Å². The van der Waals surface area contributed by atoms with E-state index >= 15 is 0 Å². The van der Waals surface area contributed by atoms with Gasteiger partial charge in [0.1, 0.15) is 11.6 Å². The Balaban J connectivity index is 1.51. The minimum atomic E-state index is -4.44. The molecule has 2 aliphatic rings. The molecule has 0 spiro atoms. The van der Waals surface area contributed by atoms with Gasteiger partial charge in [-0.1, -0.05) is 55.5 Å². The first-order valence-corrected chi connectivity index (χ1v) is 13.8.